The van der Waals surface area contributed by atoms with Crippen molar-refractivity contribution in [3.05, 3.63) is 53.6 Å². The van der Waals surface area contributed by atoms with Gasteiger partial charge in [0.1, 0.15) is 20.3 Å². The van der Waals surface area contributed by atoms with Gasteiger partial charge in [0.25, 0.3) is 5.91 Å². The maximum Gasteiger partial charge on any atom is 0.273 e. The summed E-state index contributed by atoms with van der Waals surface area (Å²) in [5.41, 5.74) is 1.56. The molecule has 1 aromatic carbocycles. The smallest absolute Gasteiger partial charge is 0.273 e. The third kappa shape index (κ3) is 7.08. The van der Waals surface area contributed by atoms with Crippen molar-refractivity contribution >= 4 is 11.6 Å². The molecule has 0 spiro atoms. The number of benzene rings is 1. The van der Waals surface area contributed by atoms with E-state index in [0.29, 0.717) is 30.5 Å². The lowest BCUT2D eigenvalue weighted by molar-refractivity contribution is -0.114. The Morgan fingerprint density at radius 2 is 1.79 bits per heavy atom. The van der Waals surface area contributed by atoms with E-state index in [2.05, 4.69) is 15.5 Å². The molecule has 0 saturated carbocycles. The number of oxime groups is 1. The highest BCUT2D eigenvalue weighted by atomic mass is 16.6. The summed E-state index contributed by atoms with van der Waals surface area (Å²) < 4.78 is 16.8. The molecule has 0 bridgehead atoms. The van der Waals surface area contributed by atoms with Gasteiger partial charge in [-0.05, 0) is 19.4 Å². The van der Waals surface area contributed by atoms with Gasteiger partial charge in [-0.1, -0.05) is 35.5 Å². The first kappa shape index (κ1) is 22.2. The van der Waals surface area contributed by atoms with Crippen molar-refractivity contribution in [1.82, 2.24) is 10.3 Å². The van der Waals surface area contributed by atoms with E-state index >= 15 is 0 Å². The van der Waals surface area contributed by atoms with E-state index in [4.69, 9.17) is 19.0 Å². The van der Waals surface area contributed by atoms with Crippen molar-refractivity contribution in [3.63, 3.8) is 0 Å². The van der Waals surface area contributed by atoms with Crippen LogP contribution in [-0.2, 0) is 21.0 Å². The molecule has 29 heavy (non-hydrogen) atoms. The molecular formula is C21H27N3O5. The van der Waals surface area contributed by atoms with Gasteiger partial charge in [-0.15, -0.1) is 0 Å². The van der Waals surface area contributed by atoms with E-state index in [-0.39, 0.29) is 24.3 Å². The highest BCUT2D eigenvalue weighted by molar-refractivity contribution is 6.45. The quantitative estimate of drug-likeness (QED) is 0.354. The Bertz CT molecular complexity index is 823. The number of pyridine rings is 1. The molecule has 1 aromatic heterocycles. The highest BCUT2D eigenvalue weighted by Gasteiger charge is 2.17. The van der Waals surface area contributed by atoms with Crippen LogP contribution >= 0.6 is 0 Å². The molecule has 0 unspecified atom stereocenters. The molecule has 0 aliphatic rings. The van der Waals surface area contributed by atoms with E-state index in [1.807, 2.05) is 32.0 Å². The molecule has 0 atom stereocenters. The van der Waals surface area contributed by atoms with Gasteiger partial charge < -0.3 is 24.4 Å². The van der Waals surface area contributed by atoms with E-state index in [1.165, 1.54) is 14.2 Å². The molecule has 1 heterocycles. The first-order valence-electron chi connectivity index (χ1n) is 9.31. The molecule has 2 aromatic rings. The van der Waals surface area contributed by atoms with E-state index < -0.39 is 0 Å². The van der Waals surface area contributed by atoms with Gasteiger partial charge in [0.2, 0.25) is 11.8 Å². The summed E-state index contributed by atoms with van der Waals surface area (Å²) >= 11 is 0. The molecule has 2 rings (SSSR count). The van der Waals surface area contributed by atoms with Crippen molar-refractivity contribution in [2.45, 2.75) is 26.6 Å². The monoisotopic (exact) mass is 401 g/mol. The van der Waals surface area contributed by atoms with Crippen molar-refractivity contribution in [2.75, 3.05) is 27.4 Å². The van der Waals surface area contributed by atoms with Gasteiger partial charge in [-0.3, -0.25) is 4.79 Å². The summed E-state index contributed by atoms with van der Waals surface area (Å²) in [6.45, 7) is 5.02. The molecule has 8 heteroatoms. The number of carbonyl (C=O) groups excluding carboxylic acids is 1. The standard InChI is InChI=1S/C21H27N3O5/c1-15(2)27-12-13-28-18-10-7-11-19(23-18)29-14-16-8-5-6-9-17(16)20(24-26-4)21(25)22-3/h5-11,15H,12-14H2,1-4H3,(H,22,25). The van der Waals surface area contributed by atoms with Crippen LogP contribution in [0, 0.1) is 0 Å². The molecule has 1 amide bonds. The van der Waals surface area contributed by atoms with Gasteiger partial charge >= 0.3 is 0 Å². The van der Waals surface area contributed by atoms with Crippen molar-refractivity contribution in [2.24, 2.45) is 5.16 Å². The normalized spacial score (nSPS) is 11.3. The zero-order valence-electron chi connectivity index (χ0n) is 17.2. The second kappa shape index (κ2) is 11.7. The molecule has 0 aliphatic heterocycles. The molecule has 8 nitrogen and oxygen atoms in total. The number of ether oxygens (including phenoxy) is 3. The number of nitrogens with one attached hydrogen (secondary N) is 1. The lowest BCUT2D eigenvalue weighted by Crippen LogP contribution is -2.29. The predicted molar refractivity (Wildman–Crippen MR) is 109 cm³/mol. The summed E-state index contributed by atoms with van der Waals surface area (Å²) in [4.78, 5) is 21.3. The fourth-order valence-electron chi connectivity index (χ4n) is 2.44. The topological polar surface area (TPSA) is 91.3 Å². The number of rotatable bonds is 11. The molecule has 0 radical (unpaired) electrons. The minimum Gasteiger partial charge on any atom is -0.475 e. The number of hydrogen-bond acceptors (Lipinski definition) is 7. The number of carbonyl (C=O) groups is 1. The van der Waals surface area contributed by atoms with Gasteiger partial charge in [0, 0.05) is 24.7 Å². The Labute approximate surface area is 170 Å². The Kier molecular flexibility index (Phi) is 8.91. The fourth-order valence-corrected chi connectivity index (χ4v) is 2.44. The number of hydrogen-bond donors (Lipinski definition) is 1. The van der Waals surface area contributed by atoms with Crippen LogP contribution in [0.3, 0.4) is 0 Å². The largest absolute Gasteiger partial charge is 0.475 e. The molecular weight excluding hydrogens is 374 g/mol. The number of amides is 1. The van der Waals surface area contributed by atoms with Crippen LogP contribution in [0.5, 0.6) is 11.8 Å². The summed E-state index contributed by atoms with van der Waals surface area (Å²) in [7, 11) is 2.93. The first-order valence-corrected chi connectivity index (χ1v) is 9.31. The highest BCUT2D eigenvalue weighted by Crippen LogP contribution is 2.17. The summed E-state index contributed by atoms with van der Waals surface area (Å²) in [5, 5.41) is 6.41. The van der Waals surface area contributed by atoms with Gasteiger partial charge in [0.15, 0.2) is 5.71 Å². The molecule has 0 aliphatic carbocycles. The Morgan fingerprint density at radius 3 is 2.48 bits per heavy atom. The maximum absolute atomic E-state index is 12.1. The summed E-state index contributed by atoms with van der Waals surface area (Å²) in [6, 6.07) is 12.6. The molecule has 156 valence electrons. The zero-order chi connectivity index (χ0) is 21.1. The predicted octanol–water partition coefficient (Wildman–Crippen LogP) is 2.56. The second-order valence-corrected chi connectivity index (χ2v) is 6.23. The number of nitrogens with zero attached hydrogens (tertiary/aromatic N) is 2. The third-order valence-corrected chi connectivity index (χ3v) is 3.76. The Hall–Kier alpha value is -3.13. The van der Waals surface area contributed by atoms with Gasteiger partial charge in [-0.25, -0.2) is 0 Å². The first-order chi connectivity index (χ1) is 14.0. The Morgan fingerprint density at radius 1 is 1.07 bits per heavy atom. The van der Waals surface area contributed by atoms with Crippen molar-refractivity contribution in [1.29, 1.82) is 0 Å². The minimum atomic E-state index is -0.351. The van der Waals surface area contributed by atoms with Crippen LogP contribution in [0.4, 0.5) is 0 Å². The van der Waals surface area contributed by atoms with Gasteiger partial charge in [0.05, 0.1) is 12.7 Å². The van der Waals surface area contributed by atoms with Crippen LogP contribution in [0.1, 0.15) is 25.0 Å². The zero-order valence-corrected chi connectivity index (χ0v) is 17.2. The minimum absolute atomic E-state index is 0.155. The molecule has 0 saturated heterocycles. The van der Waals surface area contributed by atoms with Crippen molar-refractivity contribution in [3.8, 4) is 11.8 Å². The SMILES string of the molecule is CNC(=O)C(=NOC)c1ccccc1COc1cccc(OCCOC(C)C)n1. The number of likely N-dealkylation sites (N-methyl/N-ethyl adjacent to an activating group) is 1. The Balaban J connectivity index is 2.06. The van der Waals surface area contributed by atoms with Crippen LogP contribution in [-0.4, -0.2) is 50.1 Å². The lowest BCUT2D eigenvalue weighted by Gasteiger charge is -2.12. The van der Waals surface area contributed by atoms with E-state index in [1.54, 1.807) is 24.3 Å². The van der Waals surface area contributed by atoms with Crippen LogP contribution < -0.4 is 14.8 Å². The van der Waals surface area contributed by atoms with Crippen molar-refractivity contribution < 1.29 is 23.8 Å². The average Bonchev–Trinajstić information content (AvgIpc) is 2.73. The van der Waals surface area contributed by atoms with Crippen LogP contribution in [0.15, 0.2) is 47.6 Å². The number of aromatic nitrogens is 1. The second-order valence-electron chi connectivity index (χ2n) is 6.23. The van der Waals surface area contributed by atoms with Crippen LogP contribution in [0.2, 0.25) is 0 Å². The summed E-state index contributed by atoms with van der Waals surface area (Å²) in [5.74, 6) is 0.513. The van der Waals surface area contributed by atoms with Gasteiger partial charge in [-0.2, -0.15) is 4.98 Å². The molecule has 1 N–H and O–H groups in total. The van der Waals surface area contributed by atoms with Crippen LogP contribution in [0.25, 0.3) is 0 Å². The van der Waals surface area contributed by atoms with E-state index in [0.717, 1.165) is 5.56 Å². The summed E-state index contributed by atoms with van der Waals surface area (Å²) in [6.07, 6.45) is 0.155. The van der Waals surface area contributed by atoms with E-state index in [9.17, 15) is 4.79 Å². The lowest BCUT2D eigenvalue weighted by atomic mass is 10.0. The third-order valence-electron chi connectivity index (χ3n) is 3.76. The fraction of sp³-hybridized carbons (Fsp3) is 0.381. The average molecular weight is 401 g/mol. The maximum atomic E-state index is 12.1. The molecule has 0 fully saturated rings.